The molecule has 2 aromatic rings. The lowest BCUT2D eigenvalue weighted by Crippen LogP contribution is -2.28. The lowest BCUT2D eigenvalue weighted by atomic mass is 10.2. The van der Waals surface area contributed by atoms with Gasteiger partial charge in [0.1, 0.15) is 0 Å². The topological polar surface area (TPSA) is 67.3 Å². The van der Waals surface area contributed by atoms with Crippen LogP contribution in [0.15, 0.2) is 23.7 Å². The van der Waals surface area contributed by atoms with Gasteiger partial charge in [-0.3, -0.25) is 4.79 Å². The zero-order valence-corrected chi connectivity index (χ0v) is 10.3. The number of fused-ring (bicyclic) bond motifs is 1. The summed E-state index contributed by atoms with van der Waals surface area (Å²) in [6.07, 6.45) is 0.621. The summed E-state index contributed by atoms with van der Waals surface area (Å²) < 4.78 is 34.9. The molecule has 0 atom stereocenters. The van der Waals surface area contributed by atoms with Gasteiger partial charge in [0.2, 0.25) is 0 Å². The van der Waals surface area contributed by atoms with E-state index >= 15 is 0 Å². The fraction of sp³-hybridized carbons (Fsp3) is 0.111. The number of aromatic nitrogens is 1. The number of sulfonamides is 1. The summed E-state index contributed by atoms with van der Waals surface area (Å²) in [7, 11) is -4.19. The molecule has 90 valence electrons. The number of halogens is 1. The Kier molecular flexibility index (Phi) is 2.84. The Hall–Kier alpha value is -1.54. The molecule has 0 radical (unpaired) electrons. The molecule has 2 rings (SSSR count). The van der Waals surface area contributed by atoms with E-state index in [1.165, 1.54) is 29.5 Å². The van der Waals surface area contributed by atoms with Crippen molar-refractivity contribution in [2.24, 2.45) is 0 Å². The van der Waals surface area contributed by atoms with Gasteiger partial charge in [0, 0.05) is 5.56 Å². The summed E-state index contributed by atoms with van der Waals surface area (Å²) in [5, 5.41) is 0. The van der Waals surface area contributed by atoms with Gasteiger partial charge in [-0.2, -0.15) is 0 Å². The van der Waals surface area contributed by atoms with Gasteiger partial charge < -0.3 is 0 Å². The molecule has 0 unspecified atom stereocenters. The maximum absolute atomic E-state index is 13.2. The van der Waals surface area contributed by atoms with Crippen LogP contribution in [0.2, 0.25) is 0 Å². The average molecular weight is 274 g/mol. The van der Waals surface area contributed by atoms with E-state index in [1.54, 1.807) is 5.51 Å². The van der Waals surface area contributed by atoms with E-state index in [2.05, 4.69) is 4.98 Å². The van der Waals surface area contributed by atoms with Gasteiger partial charge >= 0.3 is 0 Å². The number of hydrogen-bond donors (Lipinski definition) is 0. The number of amides is 1. The van der Waals surface area contributed by atoms with E-state index in [-0.39, 0.29) is 5.56 Å². The van der Waals surface area contributed by atoms with Crippen LogP contribution in [0.4, 0.5) is 4.48 Å². The molecule has 0 fully saturated rings. The zero-order chi connectivity index (χ0) is 12.6. The molecule has 5 nitrogen and oxygen atoms in total. The van der Waals surface area contributed by atoms with Crippen molar-refractivity contribution in [3.63, 3.8) is 0 Å². The van der Waals surface area contributed by atoms with Crippen LogP contribution in [0.25, 0.3) is 10.2 Å². The number of hydrogen-bond acceptors (Lipinski definition) is 5. The third-order valence-corrected chi connectivity index (χ3v) is 3.57. The molecule has 0 saturated carbocycles. The Morgan fingerprint density at radius 3 is 2.82 bits per heavy atom. The number of thiazole rings is 1. The van der Waals surface area contributed by atoms with Crippen LogP contribution in [-0.2, 0) is 10.0 Å². The molecule has 0 aliphatic carbocycles. The van der Waals surface area contributed by atoms with Gasteiger partial charge in [-0.25, -0.2) is 13.4 Å². The van der Waals surface area contributed by atoms with Crippen molar-refractivity contribution in [1.82, 2.24) is 9.51 Å². The summed E-state index contributed by atoms with van der Waals surface area (Å²) >= 11 is 1.28. The Morgan fingerprint density at radius 1 is 1.47 bits per heavy atom. The van der Waals surface area contributed by atoms with Crippen LogP contribution < -0.4 is 0 Å². The summed E-state index contributed by atoms with van der Waals surface area (Å²) in [4.78, 5) is 15.5. The van der Waals surface area contributed by atoms with Crippen LogP contribution in [0, 0.1) is 0 Å². The molecular formula is C9H7FN2O3S2. The number of rotatable bonds is 2. The Morgan fingerprint density at radius 2 is 2.18 bits per heavy atom. The van der Waals surface area contributed by atoms with Crippen molar-refractivity contribution in [2.75, 3.05) is 6.26 Å². The normalized spacial score (nSPS) is 11.6. The molecule has 0 aliphatic rings. The monoisotopic (exact) mass is 274 g/mol. The van der Waals surface area contributed by atoms with Gasteiger partial charge in [0.05, 0.1) is 22.0 Å². The van der Waals surface area contributed by atoms with Crippen molar-refractivity contribution in [3.8, 4) is 0 Å². The molecule has 1 aromatic heterocycles. The molecule has 1 amide bonds. The predicted molar refractivity (Wildman–Crippen MR) is 61.7 cm³/mol. The largest absolute Gasteiger partial charge is 0.297 e. The van der Waals surface area contributed by atoms with Crippen molar-refractivity contribution in [2.45, 2.75) is 0 Å². The number of carbonyl (C=O) groups excluding carboxylic acids is 1. The Labute approximate surface area is 100 Å². The lowest BCUT2D eigenvalue weighted by molar-refractivity contribution is 0.0591. The average Bonchev–Trinajstić information content (AvgIpc) is 2.72. The molecule has 1 heterocycles. The van der Waals surface area contributed by atoms with Crippen LogP contribution in [0.3, 0.4) is 0 Å². The quantitative estimate of drug-likeness (QED) is 0.780. The van der Waals surface area contributed by atoms with E-state index in [9.17, 15) is 17.7 Å². The minimum atomic E-state index is -4.19. The molecule has 17 heavy (non-hydrogen) atoms. The van der Waals surface area contributed by atoms with Crippen LogP contribution >= 0.6 is 11.3 Å². The number of benzene rings is 1. The van der Waals surface area contributed by atoms with Crippen LogP contribution in [0.5, 0.6) is 0 Å². The molecule has 8 heteroatoms. The molecule has 0 N–H and O–H groups in total. The van der Waals surface area contributed by atoms with Crippen LogP contribution in [0.1, 0.15) is 10.4 Å². The summed E-state index contributed by atoms with van der Waals surface area (Å²) in [5.74, 6) is -1.21. The molecule has 0 aliphatic heterocycles. The predicted octanol–water partition coefficient (Wildman–Crippen LogP) is 1.58. The smallest absolute Gasteiger partial charge is 0.265 e. The maximum Gasteiger partial charge on any atom is 0.297 e. The highest BCUT2D eigenvalue weighted by Crippen LogP contribution is 2.20. The molecule has 0 spiro atoms. The highest BCUT2D eigenvalue weighted by molar-refractivity contribution is 7.88. The minimum Gasteiger partial charge on any atom is -0.265 e. The van der Waals surface area contributed by atoms with E-state index in [0.29, 0.717) is 16.5 Å². The van der Waals surface area contributed by atoms with Crippen molar-refractivity contribution in [3.05, 3.63) is 29.3 Å². The van der Waals surface area contributed by atoms with Gasteiger partial charge in [-0.15, -0.1) is 11.3 Å². The van der Waals surface area contributed by atoms with E-state index in [0.717, 1.165) is 0 Å². The minimum absolute atomic E-state index is 0.0327. The van der Waals surface area contributed by atoms with Gasteiger partial charge in [0.15, 0.2) is 0 Å². The summed E-state index contributed by atoms with van der Waals surface area (Å²) in [6.45, 7) is 0. The van der Waals surface area contributed by atoms with Crippen LogP contribution in [-0.4, -0.2) is 30.1 Å². The third-order valence-electron chi connectivity index (χ3n) is 2.03. The zero-order valence-electron chi connectivity index (χ0n) is 8.62. The molecular weight excluding hydrogens is 267 g/mol. The Balaban J connectivity index is 2.43. The first-order valence-corrected chi connectivity index (χ1v) is 7.16. The molecule has 0 saturated heterocycles. The van der Waals surface area contributed by atoms with E-state index < -0.39 is 20.5 Å². The fourth-order valence-corrected chi connectivity index (χ4v) is 2.36. The fourth-order valence-electron chi connectivity index (χ4n) is 1.24. The van der Waals surface area contributed by atoms with E-state index in [4.69, 9.17) is 0 Å². The third kappa shape index (κ3) is 2.27. The molecule has 1 aromatic carbocycles. The first-order valence-electron chi connectivity index (χ1n) is 4.43. The van der Waals surface area contributed by atoms with Crippen molar-refractivity contribution >= 4 is 37.5 Å². The van der Waals surface area contributed by atoms with Crippen molar-refractivity contribution in [1.29, 1.82) is 0 Å². The summed E-state index contributed by atoms with van der Waals surface area (Å²) in [5.41, 5.74) is 2.23. The Bertz CT molecular complexity index is 680. The highest BCUT2D eigenvalue weighted by Gasteiger charge is 2.24. The SMILES string of the molecule is CS(=O)(=O)N(F)C(=O)c1ccc2ncsc2c1. The van der Waals surface area contributed by atoms with Gasteiger partial charge in [0.25, 0.3) is 15.9 Å². The second-order valence-electron chi connectivity index (χ2n) is 3.32. The first-order chi connectivity index (χ1) is 7.89. The maximum atomic E-state index is 13.2. The van der Waals surface area contributed by atoms with E-state index in [1.807, 2.05) is 0 Å². The van der Waals surface area contributed by atoms with Gasteiger partial charge in [-0.05, 0) is 18.2 Å². The van der Waals surface area contributed by atoms with Crippen molar-refractivity contribution < 1.29 is 17.7 Å². The standard InChI is InChI=1S/C9H7FN2O3S2/c1-17(14,15)12(10)9(13)6-2-3-7-8(4-6)16-5-11-7/h2-5H,1H3. The first kappa shape index (κ1) is 11.9. The second-order valence-corrected chi connectivity index (χ2v) is 5.99. The number of nitrogens with zero attached hydrogens (tertiary/aromatic N) is 2. The summed E-state index contributed by atoms with van der Waals surface area (Å²) in [6, 6.07) is 4.28. The number of carbonyl (C=O) groups is 1. The second kappa shape index (κ2) is 4.04. The lowest BCUT2D eigenvalue weighted by Gasteiger charge is -2.08. The van der Waals surface area contributed by atoms with Gasteiger partial charge in [-0.1, -0.05) is 9.01 Å². The molecule has 0 bridgehead atoms. The highest BCUT2D eigenvalue weighted by atomic mass is 32.2.